The van der Waals surface area contributed by atoms with Gasteiger partial charge >= 0.3 is 5.97 Å². The minimum absolute atomic E-state index is 0.148. The third kappa shape index (κ3) is 5.20. The highest BCUT2D eigenvalue weighted by atomic mass is 32.1. The van der Waals surface area contributed by atoms with E-state index in [1.165, 1.54) is 13.3 Å². The Labute approximate surface area is 173 Å². The monoisotopic (exact) mass is 410 g/mol. The highest BCUT2D eigenvalue weighted by Crippen LogP contribution is 2.29. The summed E-state index contributed by atoms with van der Waals surface area (Å²) in [7, 11) is 1.28. The number of amides is 1. The first-order chi connectivity index (χ1) is 14.0. The molecule has 1 aromatic carbocycles. The normalized spacial score (nSPS) is 10.6. The van der Waals surface area contributed by atoms with Crippen molar-refractivity contribution in [3.05, 3.63) is 64.5 Å². The van der Waals surface area contributed by atoms with Gasteiger partial charge in [-0.1, -0.05) is 13.8 Å². The van der Waals surface area contributed by atoms with Crippen LogP contribution in [-0.2, 0) is 4.74 Å². The second-order valence-corrected chi connectivity index (χ2v) is 7.59. The number of anilines is 1. The minimum atomic E-state index is -0.568. The summed E-state index contributed by atoms with van der Waals surface area (Å²) < 4.78 is 10.6. The molecule has 7 heteroatoms. The molecule has 0 unspecified atom stereocenters. The lowest BCUT2D eigenvalue weighted by atomic mass is 10.0. The fraction of sp³-hybridized carbons (Fsp3) is 0.227. The zero-order valence-electron chi connectivity index (χ0n) is 16.5. The van der Waals surface area contributed by atoms with Gasteiger partial charge in [-0.2, -0.15) is 11.3 Å². The van der Waals surface area contributed by atoms with E-state index in [1.54, 1.807) is 35.6 Å². The van der Waals surface area contributed by atoms with E-state index in [4.69, 9.17) is 9.47 Å². The number of hydrogen-bond acceptors (Lipinski definition) is 6. The molecule has 6 nitrogen and oxygen atoms in total. The Balaban J connectivity index is 1.93. The van der Waals surface area contributed by atoms with Crippen molar-refractivity contribution >= 4 is 29.0 Å². The summed E-state index contributed by atoms with van der Waals surface area (Å²) in [6.45, 7) is 4.67. The highest BCUT2D eigenvalue weighted by Gasteiger charge is 2.17. The Morgan fingerprint density at radius 2 is 2.00 bits per heavy atom. The molecular weight excluding hydrogens is 388 g/mol. The fourth-order valence-electron chi connectivity index (χ4n) is 2.63. The summed E-state index contributed by atoms with van der Waals surface area (Å²) in [5.74, 6) is 0.159. The molecule has 0 aliphatic heterocycles. The van der Waals surface area contributed by atoms with Gasteiger partial charge in [-0.3, -0.25) is 4.79 Å². The van der Waals surface area contributed by atoms with Crippen LogP contribution in [-0.4, -0.2) is 30.6 Å². The van der Waals surface area contributed by atoms with Crippen molar-refractivity contribution in [2.45, 2.75) is 13.8 Å². The first-order valence-corrected chi connectivity index (χ1v) is 10.1. The predicted octanol–water partition coefficient (Wildman–Crippen LogP) is 4.88. The molecule has 0 aliphatic carbocycles. The Morgan fingerprint density at radius 1 is 1.17 bits per heavy atom. The number of pyridine rings is 1. The summed E-state index contributed by atoms with van der Waals surface area (Å²) in [6.07, 6.45) is 1.50. The molecule has 3 rings (SSSR count). The van der Waals surface area contributed by atoms with Crippen LogP contribution < -0.4 is 10.1 Å². The molecule has 1 amide bonds. The molecule has 29 heavy (non-hydrogen) atoms. The third-order valence-corrected chi connectivity index (χ3v) is 4.73. The molecular formula is C22H22N2O4S. The van der Waals surface area contributed by atoms with Crippen LogP contribution in [0.5, 0.6) is 5.75 Å². The number of benzene rings is 1. The number of methoxy groups -OCH3 is 1. The summed E-state index contributed by atoms with van der Waals surface area (Å²) in [5, 5.41) is 6.69. The van der Waals surface area contributed by atoms with Gasteiger partial charge in [0.2, 0.25) is 0 Å². The first kappa shape index (κ1) is 20.5. The smallest absolute Gasteiger partial charge is 0.341 e. The van der Waals surface area contributed by atoms with Crippen molar-refractivity contribution < 1.29 is 19.1 Å². The lowest BCUT2D eigenvalue weighted by Crippen LogP contribution is -2.17. The van der Waals surface area contributed by atoms with Crippen molar-refractivity contribution in [2.75, 3.05) is 19.0 Å². The molecule has 2 aromatic heterocycles. The molecule has 0 saturated heterocycles. The zero-order valence-corrected chi connectivity index (χ0v) is 17.3. The summed E-state index contributed by atoms with van der Waals surface area (Å²) in [5.41, 5.74) is 2.49. The molecule has 0 bridgehead atoms. The SMILES string of the molecule is COC(=O)c1cccnc1NC(=O)c1cc(OCC(C)C)cc(-c2ccsc2)c1. The second kappa shape index (κ2) is 9.34. The maximum absolute atomic E-state index is 12.9. The number of hydrogen-bond donors (Lipinski definition) is 1. The van der Waals surface area contributed by atoms with Crippen LogP contribution in [0.15, 0.2) is 53.4 Å². The molecule has 3 aromatic rings. The number of carbonyl (C=O) groups is 2. The Kier molecular flexibility index (Phi) is 6.61. The van der Waals surface area contributed by atoms with Gasteiger partial charge in [-0.25, -0.2) is 9.78 Å². The number of carbonyl (C=O) groups excluding carboxylic acids is 2. The molecule has 0 aliphatic rings. The first-order valence-electron chi connectivity index (χ1n) is 9.13. The molecule has 0 saturated carbocycles. The van der Waals surface area contributed by atoms with Gasteiger partial charge < -0.3 is 14.8 Å². The number of esters is 1. The van der Waals surface area contributed by atoms with Crippen LogP contribution in [0.2, 0.25) is 0 Å². The van der Waals surface area contributed by atoms with Crippen LogP contribution in [0.4, 0.5) is 5.82 Å². The van der Waals surface area contributed by atoms with Crippen molar-refractivity contribution in [2.24, 2.45) is 5.92 Å². The number of nitrogens with one attached hydrogen (secondary N) is 1. The largest absolute Gasteiger partial charge is 0.493 e. The van der Waals surface area contributed by atoms with Crippen molar-refractivity contribution in [3.63, 3.8) is 0 Å². The number of nitrogens with zero attached hydrogens (tertiary/aromatic N) is 1. The molecule has 0 atom stereocenters. The Hall–Kier alpha value is -3.19. The Morgan fingerprint density at radius 3 is 2.69 bits per heavy atom. The predicted molar refractivity (Wildman–Crippen MR) is 114 cm³/mol. The topological polar surface area (TPSA) is 77.5 Å². The highest BCUT2D eigenvalue weighted by molar-refractivity contribution is 7.08. The summed E-state index contributed by atoms with van der Waals surface area (Å²) >= 11 is 1.58. The molecule has 1 N–H and O–H groups in total. The maximum atomic E-state index is 12.9. The number of aromatic nitrogens is 1. The molecule has 2 heterocycles. The zero-order chi connectivity index (χ0) is 20.8. The van der Waals surface area contributed by atoms with Crippen LogP contribution in [0, 0.1) is 5.92 Å². The average Bonchev–Trinajstić information content (AvgIpc) is 3.27. The van der Waals surface area contributed by atoms with Crippen LogP contribution in [0.3, 0.4) is 0 Å². The van der Waals surface area contributed by atoms with Gasteiger partial charge in [-0.05, 0) is 64.2 Å². The molecule has 0 fully saturated rings. The standard InChI is InChI=1S/C22H22N2O4S/c1-14(2)12-28-18-10-16(15-6-8-29-13-15)9-17(11-18)21(25)24-20-19(22(26)27-3)5-4-7-23-20/h4-11,13-14H,12H2,1-3H3,(H,23,24,25). The quantitative estimate of drug-likeness (QED) is 0.562. The van der Waals surface area contributed by atoms with Crippen molar-refractivity contribution in [1.29, 1.82) is 0 Å². The van der Waals surface area contributed by atoms with E-state index in [1.807, 2.05) is 22.9 Å². The van der Waals surface area contributed by atoms with E-state index in [0.717, 1.165) is 11.1 Å². The summed E-state index contributed by atoms with van der Waals surface area (Å²) in [4.78, 5) is 29.0. The average molecular weight is 410 g/mol. The van der Waals surface area contributed by atoms with E-state index < -0.39 is 5.97 Å². The second-order valence-electron chi connectivity index (χ2n) is 6.81. The third-order valence-electron chi connectivity index (χ3n) is 4.05. The van der Waals surface area contributed by atoms with Crippen molar-refractivity contribution in [1.82, 2.24) is 4.98 Å². The number of ether oxygens (including phenoxy) is 2. The summed E-state index contributed by atoms with van der Waals surface area (Å²) in [6, 6.07) is 10.5. The van der Waals surface area contributed by atoms with Crippen LogP contribution in [0.25, 0.3) is 11.1 Å². The van der Waals surface area contributed by atoms with Gasteiger partial charge in [0.15, 0.2) is 0 Å². The van der Waals surface area contributed by atoms with Gasteiger partial charge in [0, 0.05) is 11.8 Å². The van der Waals surface area contributed by atoms with E-state index in [0.29, 0.717) is 23.8 Å². The molecule has 0 radical (unpaired) electrons. The van der Waals surface area contributed by atoms with Crippen LogP contribution >= 0.6 is 11.3 Å². The van der Waals surface area contributed by atoms with Gasteiger partial charge in [0.1, 0.15) is 17.1 Å². The van der Waals surface area contributed by atoms with Crippen LogP contribution in [0.1, 0.15) is 34.6 Å². The lowest BCUT2D eigenvalue weighted by molar-refractivity contribution is 0.0601. The van der Waals surface area contributed by atoms with E-state index in [-0.39, 0.29) is 17.3 Å². The van der Waals surface area contributed by atoms with E-state index in [9.17, 15) is 9.59 Å². The number of thiophene rings is 1. The maximum Gasteiger partial charge on any atom is 0.341 e. The van der Waals surface area contributed by atoms with E-state index >= 15 is 0 Å². The van der Waals surface area contributed by atoms with Gasteiger partial charge in [0.05, 0.1) is 13.7 Å². The fourth-order valence-corrected chi connectivity index (χ4v) is 3.30. The molecule has 0 spiro atoms. The van der Waals surface area contributed by atoms with Gasteiger partial charge in [0.25, 0.3) is 5.91 Å². The van der Waals surface area contributed by atoms with E-state index in [2.05, 4.69) is 24.1 Å². The Bertz CT molecular complexity index is 1000. The number of rotatable bonds is 7. The molecule has 150 valence electrons. The van der Waals surface area contributed by atoms with Crippen molar-refractivity contribution in [3.8, 4) is 16.9 Å². The van der Waals surface area contributed by atoms with Gasteiger partial charge in [-0.15, -0.1) is 0 Å². The minimum Gasteiger partial charge on any atom is -0.493 e. The lowest BCUT2D eigenvalue weighted by Gasteiger charge is -2.13.